The average molecular weight is 397 g/mol. The van der Waals surface area contributed by atoms with Crippen molar-refractivity contribution in [1.82, 2.24) is 4.98 Å². The molecule has 6 nitrogen and oxygen atoms in total. The topological polar surface area (TPSA) is 91.8 Å². The van der Waals surface area contributed by atoms with Gasteiger partial charge in [0, 0.05) is 40.0 Å². The number of rotatable bonds is 5. The van der Waals surface area contributed by atoms with E-state index < -0.39 is 4.92 Å². The van der Waals surface area contributed by atoms with Gasteiger partial charge in [0.1, 0.15) is 16.6 Å². The molecular weight excluding hydrogens is 384 g/mol. The molecular formula is C19H13ClN4O2S. The Balaban J connectivity index is 1.87. The summed E-state index contributed by atoms with van der Waals surface area (Å²) in [4.78, 5) is 14.9. The number of halogens is 1. The number of hydrogen-bond acceptors (Lipinski definition) is 6. The molecule has 0 saturated heterocycles. The van der Waals surface area contributed by atoms with E-state index in [9.17, 15) is 15.4 Å². The summed E-state index contributed by atoms with van der Waals surface area (Å²) in [5.41, 5.74) is 3.35. The van der Waals surface area contributed by atoms with Gasteiger partial charge in [-0.05, 0) is 24.6 Å². The second-order valence-corrected chi connectivity index (χ2v) is 6.91. The predicted molar refractivity (Wildman–Crippen MR) is 108 cm³/mol. The first kappa shape index (κ1) is 18.6. The van der Waals surface area contributed by atoms with E-state index in [2.05, 4.69) is 16.4 Å². The molecule has 0 amide bonds. The largest absolute Gasteiger partial charge is 0.360 e. The van der Waals surface area contributed by atoms with E-state index >= 15 is 0 Å². The summed E-state index contributed by atoms with van der Waals surface area (Å²) in [6.45, 7) is 1.93. The fourth-order valence-electron chi connectivity index (χ4n) is 2.35. The van der Waals surface area contributed by atoms with E-state index in [1.807, 2.05) is 13.0 Å². The molecule has 134 valence electrons. The maximum absolute atomic E-state index is 10.9. The minimum absolute atomic E-state index is 0.00352. The molecule has 3 aromatic rings. The van der Waals surface area contributed by atoms with E-state index in [-0.39, 0.29) is 5.69 Å². The summed E-state index contributed by atoms with van der Waals surface area (Å²) in [5, 5.41) is 26.4. The molecule has 1 aromatic heterocycles. The summed E-state index contributed by atoms with van der Waals surface area (Å²) < 4.78 is 0. The highest BCUT2D eigenvalue weighted by molar-refractivity contribution is 7.11. The highest BCUT2D eigenvalue weighted by Crippen LogP contribution is 2.28. The first-order valence-corrected chi connectivity index (χ1v) is 9.07. The van der Waals surface area contributed by atoms with Crippen molar-refractivity contribution in [3.05, 3.63) is 79.8 Å². The zero-order chi connectivity index (χ0) is 19.4. The van der Waals surface area contributed by atoms with Crippen molar-refractivity contribution in [2.24, 2.45) is 0 Å². The molecule has 0 aliphatic carbocycles. The zero-order valence-electron chi connectivity index (χ0n) is 14.1. The van der Waals surface area contributed by atoms with Gasteiger partial charge in [-0.1, -0.05) is 29.8 Å². The van der Waals surface area contributed by atoms with E-state index in [1.165, 1.54) is 23.5 Å². The van der Waals surface area contributed by atoms with Crippen molar-refractivity contribution >= 4 is 39.9 Å². The summed E-state index contributed by atoms with van der Waals surface area (Å²) >= 11 is 7.30. The molecule has 0 atom stereocenters. The first-order valence-electron chi connectivity index (χ1n) is 7.81. The quantitative estimate of drug-likeness (QED) is 0.341. The molecule has 8 heteroatoms. The molecule has 0 bridgehead atoms. The number of non-ortho nitro benzene ring substituents is 1. The molecule has 3 rings (SSSR count). The van der Waals surface area contributed by atoms with Crippen LogP contribution in [-0.2, 0) is 0 Å². The molecule has 0 saturated carbocycles. The second kappa shape index (κ2) is 7.99. The van der Waals surface area contributed by atoms with Gasteiger partial charge in [0.25, 0.3) is 5.69 Å². The van der Waals surface area contributed by atoms with Crippen LogP contribution in [0.4, 0.5) is 11.4 Å². The Morgan fingerprint density at radius 3 is 2.93 bits per heavy atom. The third kappa shape index (κ3) is 4.31. The number of allylic oxidation sites excluding steroid dienone is 1. The Kier molecular flexibility index (Phi) is 5.50. The van der Waals surface area contributed by atoms with Crippen LogP contribution in [0.3, 0.4) is 0 Å². The van der Waals surface area contributed by atoms with Crippen LogP contribution >= 0.6 is 22.9 Å². The third-order valence-electron chi connectivity index (χ3n) is 3.78. The van der Waals surface area contributed by atoms with Crippen LogP contribution in [-0.4, -0.2) is 9.91 Å². The van der Waals surface area contributed by atoms with Gasteiger partial charge in [0.05, 0.1) is 10.6 Å². The number of aryl methyl sites for hydroxylation is 1. The van der Waals surface area contributed by atoms with E-state index in [4.69, 9.17) is 11.6 Å². The lowest BCUT2D eigenvalue weighted by Crippen LogP contribution is -1.93. The Labute approximate surface area is 164 Å². The highest BCUT2D eigenvalue weighted by Gasteiger charge is 2.12. The van der Waals surface area contributed by atoms with Crippen molar-refractivity contribution in [3.8, 4) is 17.3 Å². The van der Waals surface area contributed by atoms with Crippen LogP contribution in [0.15, 0.2) is 54.0 Å². The Bertz CT molecular complexity index is 1090. The molecule has 0 radical (unpaired) electrons. The van der Waals surface area contributed by atoms with Crippen LogP contribution in [0.25, 0.3) is 16.8 Å². The molecule has 27 heavy (non-hydrogen) atoms. The Morgan fingerprint density at radius 1 is 1.37 bits per heavy atom. The lowest BCUT2D eigenvalue weighted by atomic mass is 10.1. The number of nitro groups is 1. The van der Waals surface area contributed by atoms with Gasteiger partial charge in [-0.15, -0.1) is 11.3 Å². The van der Waals surface area contributed by atoms with E-state index in [1.54, 1.807) is 35.8 Å². The maximum atomic E-state index is 10.9. The molecule has 0 fully saturated rings. The van der Waals surface area contributed by atoms with Crippen molar-refractivity contribution in [1.29, 1.82) is 5.26 Å². The smallest absolute Gasteiger partial charge is 0.270 e. The monoisotopic (exact) mass is 396 g/mol. The minimum Gasteiger partial charge on any atom is -0.360 e. The second-order valence-electron chi connectivity index (χ2n) is 5.62. The molecule has 1 N–H and O–H groups in total. The van der Waals surface area contributed by atoms with E-state index in [0.717, 1.165) is 11.3 Å². The number of anilines is 1. The van der Waals surface area contributed by atoms with Crippen molar-refractivity contribution in [3.63, 3.8) is 0 Å². The number of hydrogen-bond donors (Lipinski definition) is 1. The third-order valence-corrected chi connectivity index (χ3v) is 4.89. The number of aromatic nitrogens is 1. The molecule has 0 unspecified atom stereocenters. The number of nitriles is 1. The fourth-order valence-corrected chi connectivity index (χ4v) is 3.32. The summed E-state index contributed by atoms with van der Waals surface area (Å²) in [7, 11) is 0. The van der Waals surface area contributed by atoms with Gasteiger partial charge < -0.3 is 5.32 Å². The summed E-state index contributed by atoms with van der Waals surface area (Å²) in [6.07, 6.45) is 1.58. The van der Waals surface area contributed by atoms with E-state index in [0.29, 0.717) is 26.9 Å². The molecule has 2 aromatic carbocycles. The lowest BCUT2D eigenvalue weighted by Gasteiger charge is -2.06. The van der Waals surface area contributed by atoms with Crippen LogP contribution in [0.5, 0.6) is 0 Å². The number of thiazole rings is 1. The van der Waals surface area contributed by atoms with Gasteiger partial charge in [-0.25, -0.2) is 4.98 Å². The first-order chi connectivity index (χ1) is 13.0. The average Bonchev–Trinajstić information content (AvgIpc) is 3.15. The van der Waals surface area contributed by atoms with Crippen LogP contribution < -0.4 is 5.32 Å². The molecule has 0 aliphatic rings. The molecule has 0 aliphatic heterocycles. The number of nitrogens with zero attached hydrogens (tertiary/aromatic N) is 3. The fraction of sp³-hybridized carbons (Fsp3) is 0.0526. The Morgan fingerprint density at radius 2 is 2.19 bits per heavy atom. The van der Waals surface area contributed by atoms with Crippen molar-refractivity contribution < 1.29 is 4.92 Å². The maximum Gasteiger partial charge on any atom is 0.270 e. The predicted octanol–water partition coefficient (Wildman–Crippen LogP) is 5.66. The Hall–Kier alpha value is -3.21. The van der Waals surface area contributed by atoms with Crippen LogP contribution in [0, 0.1) is 28.4 Å². The van der Waals surface area contributed by atoms with Crippen molar-refractivity contribution in [2.75, 3.05) is 5.32 Å². The lowest BCUT2D eigenvalue weighted by molar-refractivity contribution is -0.384. The van der Waals surface area contributed by atoms with Gasteiger partial charge >= 0.3 is 0 Å². The molecule has 1 heterocycles. The molecule has 0 spiro atoms. The summed E-state index contributed by atoms with van der Waals surface area (Å²) in [6, 6.07) is 13.8. The zero-order valence-corrected chi connectivity index (χ0v) is 15.7. The van der Waals surface area contributed by atoms with Crippen LogP contribution in [0.2, 0.25) is 5.02 Å². The van der Waals surface area contributed by atoms with Crippen molar-refractivity contribution in [2.45, 2.75) is 6.92 Å². The number of nitro benzene ring substituents is 1. The van der Waals surface area contributed by atoms with Crippen LogP contribution in [0.1, 0.15) is 10.6 Å². The highest BCUT2D eigenvalue weighted by atomic mass is 35.5. The van der Waals surface area contributed by atoms with Gasteiger partial charge in [0.15, 0.2) is 0 Å². The van der Waals surface area contributed by atoms with Gasteiger partial charge in [-0.3, -0.25) is 10.1 Å². The number of nitrogens with one attached hydrogen (secondary N) is 1. The summed E-state index contributed by atoms with van der Waals surface area (Å²) in [5.74, 6) is 0. The minimum atomic E-state index is -0.450. The number of benzene rings is 2. The van der Waals surface area contributed by atoms with Gasteiger partial charge in [0.2, 0.25) is 0 Å². The van der Waals surface area contributed by atoms with Gasteiger partial charge in [-0.2, -0.15) is 5.26 Å². The SMILES string of the molecule is Cc1ccc(Cl)cc1N/C=C(\C#N)c1nc(-c2cccc([N+](=O)[O-])c2)cs1. The standard InChI is InChI=1S/C19H13ClN4O2S/c1-12-5-6-15(20)8-17(12)22-10-14(9-21)19-23-18(11-27-19)13-3-2-4-16(7-13)24(25)26/h2-8,10-11,22H,1H3/b14-10+. The normalized spacial score (nSPS) is 11.1.